The fourth-order valence-corrected chi connectivity index (χ4v) is 3.51. The lowest BCUT2D eigenvalue weighted by Crippen LogP contribution is -2.19. The number of rotatable bonds is 7. The predicted octanol–water partition coefficient (Wildman–Crippen LogP) is 5.35. The molecule has 0 fully saturated rings. The number of anilines is 1. The SMILES string of the molecule is N#Cc1cccc(COc2cccc(NC(=O)Cn3c(-c4ccc(Cl)cc4)n[nH]c3=S)c2)c1. The summed E-state index contributed by atoms with van der Waals surface area (Å²) < 4.78 is 7.78. The normalized spacial score (nSPS) is 10.4. The number of H-pyrrole nitrogens is 1. The van der Waals surface area contributed by atoms with Crippen molar-refractivity contribution in [3.05, 3.63) is 93.7 Å². The zero-order valence-electron chi connectivity index (χ0n) is 17.3. The van der Waals surface area contributed by atoms with Crippen LogP contribution in [0.4, 0.5) is 5.69 Å². The second kappa shape index (κ2) is 10.1. The van der Waals surface area contributed by atoms with Crippen LogP contribution in [0.3, 0.4) is 0 Å². The number of amides is 1. The molecule has 0 aliphatic heterocycles. The van der Waals surface area contributed by atoms with Gasteiger partial charge in [0.25, 0.3) is 0 Å². The Morgan fingerprint density at radius 1 is 1.15 bits per heavy atom. The number of ether oxygens (including phenoxy) is 1. The first kappa shape index (κ1) is 22.3. The molecule has 9 heteroatoms. The summed E-state index contributed by atoms with van der Waals surface area (Å²) in [7, 11) is 0. The number of nitrogens with one attached hydrogen (secondary N) is 2. The standard InChI is InChI=1S/C24H18ClN5O2S/c25-19-9-7-18(8-10-19)23-28-29-24(33)30(23)14-22(31)27-20-5-2-6-21(12-20)32-15-17-4-1-3-16(11-17)13-26/h1-12H,14-15H2,(H,27,31)(H,29,33). The fourth-order valence-electron chi connectivity index (χ4n) is 3.19. The van der Waals surface area contributed by atoms with Crippen molar-refractivity contribution in [3.8, 4) is 23.2 Å². The van der Waals surface area contributed by atoms with Crippen molar-refractivity contribution in [2.24, 2.45) is 0 Å². The highest BCUT2D eigenvalue weighted by Gasteiger charge is 2.13. The number of aromatic amines is 1. The molecule has 0 unspecified atom stereocenters. The van der Waals surface area contributed by atoms with Gasteiger partial charge >= 0.3 is 0 Å². The van der Waals surface area contributed by atoms with Gasteiger partial charge in [0.2, 0.25) is 5.91 Å². The van der Waals surface area contributed by atoms with Crippen LogP contribution in [0.2, 0.25) is 5.02 Å². The van der Waals surface area contributed by atoms with Crippen LogP contribution in [0.5, 0.6) is 5.75 Å². The summed E-state index contributed by atoms with van der Waals surface area (Å²) in [6.45, 7) is 0.293. The maximum atomic E-state index is 12.7. The van der Waals surface area contributed by atoms with E-state index in [-0.39, 0.29) is 12.5 Å². The second-order valence-corrected chi connectivity index (χ2v) is 7.95. The molecule has 3 aromatic carbocycles. The summed E-state index contributed by atoms with van der Waals surface area (Å²) >= 11 is 11.3. The van der Waals surface area contributed by atoms with Crippen LogP contribution in [0.15, 0.2) is 72.8 Å². The summed E-state index contributed by atoms with van der Waals surface area (Å²) in [5, 5.41) is 19.5. The van der Waals surface area contributed by atoms with Crippen molar-refractivity contribution >= 4 is 35.4 Å². The van der Waals surface area contributed by atoms with E-state index in [1.165, 1.54) is 0 Å². The van der Waals surface area contributed by atoms with Gasteiger partial charge in [0.1, 0.15) is 18.9 Å². The Bertz CT molecular complexity index is 1390. The van der Waals surface area contributed by atoms with Crippen LogP contribution >= 0.6 is 23.8 Å². The topological polar surface area (TPSA) is 95.7 Å². The summed E-state index contributed by atoms with van der Waals surface area (Å²) in [5.74, 6) is 0.877. The number of aromatic nitrogens is 3. The van der Waals surface area contributed by atoms with Gasteiger partial charge in [-0.25, -0.2) is 0 Å². The van der Waals surface area contributed by atoms with E-state index in [2.05, 4.69) is 21.6 Å². The molecule has 4 aromatic rings. The van der Waals surface area contributed by atoms with Gasteiger partial charge in [0, 0.05) is 22.3 Å². The van der Waals surface area contributed by atoms with Crippen LogP contribution in [-0.2, 0) is 17.9 Å². The van der Waals surface area contributed by atoms with Crippen LogP contribution < -0.4 is 10.1 Å². The third kappa shape index (κ3) is 5.66. The van der Waals surface area contributed by atoms with Gasteiger partial charge in [0.05, 0.1) is 11.6 Å². The van der Waals surface area contributed by atoms with Crippen LogP contribution in [-0.4, -0.2) is 20.7 Å². The Morgan fingerprint density at radius 2 is 1.94 bits per heavy atom. The average molecular weight is 476 g/mol. The number of halogens is 1. The molecule has 4 rings (SSSR count). The molecule has 0 aliphatic rings. The van der Waals surface area contributed by atoms with Crippen molar-refractivity contribution in [2.75, 3.05) is 5.32 Å². The Kier molecular flexibility index (Phi) is 6.83. The van der Waals surface area contributed by atoms with E-state index in [1.54, 1.807) is 53.1 Å². The Hall–Kier alpha value is -3.93. The van der Waals surface area contributed by atoms with Crippen LogP contribution in [0.25, 0.3) is 11.4 Å². The number of hydrogen-bond acceptors (Lipinski definition) is 5. The molecule has 164 valence electrons. The molecule has 0 saturated carbocycles. The van der Waals surface area contributed by atoms with Crippen molar-refractivity contribution in [3.63, 3.8) is 0 Å². The number of carbonyl (C=O) groups excluding carboxylic acids is 1. The number of benzene rings is 3. The molecule has 0 radical (unpaired) electrons. The van der Waals surface area contributed by atoms with E-state index in [4.69, 9.17) is 33.8 Å². The van der Waals surface area contributed by atoms with Crippen molar-refractivity contribution in [1.29, 1.82) is 5.26 Å². The molecular weight excluding hydrogens is 458 g/mol. The van der Waals surface area contributed by atoms with E-state index in [9.17, 15) is 4.79 Å². The molecule has 0 aliphatic carbocycles. The first-order valence-corrected chi connectivity index (χ1v) is 10.7. The molecule has 0 spiro atoms. The molecule has 2 N–H and O–H groups in total. The number of nitriles is 1. The van der Waals surface area contributed by atoms with Crippen LogP contribution in [0, 0.1) is 16.1 Å². The molecule has 1 aromatic heterocycles. The smallest absolute Gasteiger partial charge is 0.244 e. The van der Waals surface area contributed by atoms with E-state index in [0.29, 0.717) is 39.2 Å². The number of nitrogens with zero attached hydrogens (tertiary/aromatic N) is 3. The number of hydrogen-bond donors (Lipinski definition) is 2. The Morgan fingerprint density at radius 3 is 2.73 bits per heavy atom. The molecule has 0 saturated heterocycles. The minimum atomic E-state index is -0.262. The number of carbonyl (C=O) groups is 1. The lowest BCUT2D eigenvalue weighted by atomic mass is 10.1. The van der Waals surface area contributed by atoms with Gasteiger partial charge in [-0.15, -0.1) is 0 Å². The first-order chi connectivity index (χ1) is 16.0. The monoisotopic (exact) mass is 475 g/mol. The minimum absolute atomic E-state index is 0.0146. The molecule has 1 heterocycles. The largest absolute Gasteiger partial charge is 0.489 e. The molecule has 7 nitrogen and oxygen atoms in total. The Labute approximate surface area is 200 Å². The average Bonchev–Trinajstić information content (AvgIpc) is 3.18. The van der Waals surface area contributed by atoms with Gasteiger partial charge in [-0.05, 0) is 66.3 Å². The van der Waals surface area contributed by atoms with Crippen LogP contribution in [0.1, 0.15) is 11.1 Å². The maximum Gasteiger partial charge on any atom is 0.244 e. The molecule has 33 heavy (non-hydrogen) atoms. The van der Waals surface area contributed by atoms with Crippen molar-refractivity contribution < 1.29 is 9.53 Å². The highest BCUT2D eigenvalue weighted by molar-refractivity contribution is 7.71. The molecule has 1 amide bonds. The highest BCUT2D eigenvalue weighted by atomic mass is 35.5. The third-order valence-corrected chi connectivity index (χ3v) is 5.31. The molecule has 0 bridgehead atoms. The summed E-state index contributed by atoms with van der Waals surface area (Å²) in [6, 6.07) is 23.6. The lowest BCUT2D eigenvalue weighted by molar-refractivity contribution is -0.116. The van der Waals surface area contributed by atoms with Gasteiger partial charge in [-0.1, -0.05) is 29.8 Å². The first-order valence-electron chi connectivity index (χ1n) is 9.95. The zero-order chi connectivity index (χ0) is 23.2. The van der Waals surface area contributed by atoms with Crippen molar-refractivity contribution in [2.45, 2.75) is 13.2 Å². The van der Waals surface area contributed by atoms with Gasteiger partial charge in [-0.2, -0.15) is 10.4 Å². The Balaban J connectivity index is 1.42. The fraction of sp³-hybridized carbons (Fsp3) is 0.0833. The zero-order valence-corrected chi connectivity index (χ0v) is 18.9. The van der Waals surface area contributed by atoms with E-state index < -0.39 is 0 Å². The maximum absolute atomic E-state index is 12.7. The highest BCUT2D eigenvalue weighted by Crippen LogP contribution is 2.21. The van der Waals surface area contributed by atoms with Gasteiger partial charge in [0.15, 0.2) is 10.6 Å². The molecule has 0 atom stereocenters. The lowest BCUT2D eigenvalue weighted by Gasteiger charge is -2.11. The quantitative estimate of drug-likeness (QED) is 0.351. The minimum Gasteiger partial charge on any atom is -0.489 e. The second-order valence-electron chi connectivity index (χ2n) is 7.12. The predicted molar refractivity (Wildman–Crippen MR) is 128 cm³/mol. The third-order valence-electron chi connectivity index (χ3n) is 4.74. The van der Waals surface area contributed by atoms with Gasteiger partial charge in [-0.3, -0.25) is 14.5 Å². The summed E-state index contributed by atoms with van der Waals surface area (Å²) in [6.07, 6.45) is 0. The van der Waals surface area contributed by atoms with E-state index >= 15 is 0 Å². The molecular formula is C24H18ClN5O2S. The van der Waals surface area contributed by atoms with Gasteiger partial charge < -0.3 is 10.1 Å². The summed E-state index contributed by atoms with van der Waals surface area (Å²) in [4.78, 5) is 12.7. The van der Waals surface area contributed by atoms with E-state index in [0.717, 1.165) is 11.1 Å². The van der Waals surface area contributed by atoms with Crippen molar-refractivity contribution in [1.82, 2.24) is 14.8 Å². The van der Waals surface area contributed by atoms with E-state index in [1.807, 2.05) is 24.3 Å². The summed E-state index contributed by atoms with van der Waals surface area (Å²) in [5.41, 5.74) is 2.84.